The van der Waals surface area contributed by atoms with Crippen LogP contribution in [0.5, 0.6) is 0 Å². The first kappa shape index (κ1) is 48.3. The fourth-order valence-corrected chi connectivity index (χ4v) is 7.41. The molecule has 2 amide bonds. The van der Waals surface area contributed by atoms with Gasteiger partial charge in [0.1, 0.15) is 0 Å². The van der Waals surface area contributed by atoms with E-state index in [0.717, 1.165) is 25.7 Å². The molecule has 0 aromatic rings. The van der Waals surface area contributed by atoms with Gasteiger partial charge in [-0.25, -0.2) is 14.1 Å². The van der Waals surface area contributed by atoms with E-state index in [1.807, 2.05) is 14.1 Å². The van der Waals surface area contributed by atoms with Crippen LogP contribution in [-0.4, -0.2) is 30.4 Å². The number of carbonyl (C=O) groups is 2. The van der Waals surface area contributed by atoms with E-state index in [1.165, 1.54) is 218 Å². The number of rotatable bonds is 40. The summed E-state index contributed by atoms with van der Waals surface area (Å²) in [5, 5.41) is 0. The third-order valence-corrected chi connectivity index (χ3v) is 11.2. The minimum atomic E-state index is -0.0574. The summed E-state index contributed by atoms with van der Waals surface area (Å²) >= 11 is 0. The van der Waals surface area contributed by atoms with Crippen molar-refractivity contribution in [3.8, 4) is 0 Å². The summed E-state index contributed by atoms with van der Waals surface area (Å²) in [6, 6.07) is 0. The van der Waals surface area contributed by atoms with Gasteiger partial charge in [0.15, 0.2) is 0 Å². The third kappa shape index (κ3) is 34.2. The zero-order valence-corrected chi connectivity index (χ0v) is 34.5. The Labute approximate surface area is 309 Å². The number of hydrogen-bond donors (Lipinski definition) is 0. The molecule has 0 atom stereocenters. The summed E-state index contributed by atoms with van der Waals surface area (Å²) < 4.78 is -0.0574. The summed E-state index contributed by atoms with van der Waals surface area (Å²) in [4.78, 5) is 25.7. The van der Waals surface area contributed by atoms with Crippen LogP contribution in [0.25, 0.3) is 0 Å². The zero-order valence-electron chi connectivity index (χ0n) is 34.5. The fraction of sp³-hybridized carbons (Fsp3) is 0.957. The molecule has 0 heterocycles. The molecule has 49 heavy (non-hydrogen) atoms. The highest BCUT2D eigenvalue weighted by Gasteiger charge is 2.33. The number of carbonyl (C=O) groups excluding carboxylic acids is 2. The van der Waals surface area contributed by atoms with Crippen LogP contribution < -0.4 is 0 Å². The average Bonchev–Trinajstić information content (AvgIpc) is 3.10. The molecule has 0 aliphatic carbocycles. The van der Waals surface area contributed by atoms with Crippen LogP contribution in [-0.2, 0) is 9.59 Å². The maximum Gasteiger partial charge on any atom is 0.320 e. The molecule has 0 saturated carbocycles. The van der Waals surface area contributed by atoms with E-state index in [0.29, 0.717) is 12.8 Å². The van der Waals surface area contributed by atoms with Gasteiger partial charge in [-0.15, -0.1) is 0 Å². The molecule has 0 aliphatic heterocycles. The first-order valence-electron chi connectivity index (χ1n) is 22.9. The fourth-order valence-electron chi connectivity index (χ4n) is 7.41. The zero-order chi connectivity index (χ0) is 35.9. The third-order valence-electron chi connectivity index (χ3n) is 11.2. The van der Waals surface area contributed by atoms with Crippen molar-refractivity contribution in [2.45, 2.75) is 271 Å². The van der Waals surface area contributed by atoms with Crippen molar-refractivity contribution >= 4 is 11.8 Å². The summed E-state index contributed by atoms with van der Waals surface area (Å²) in [5.74, 6) is 0.213. The number of unbranched alkanes of at least 4 members (excludes halogenated alkanes) is 36. The van der Waals surface area contributed by atoms with E-state index >= 15 is 0 Å². The number of hydrogen-bond acceptors (Lipinski definition) is 2. The van der Waals surface area contributed by atoms with Gasteiger partial charge >= 0.3 is 11.8 Å². The SMILES string of the molecule is CCCCCCCCCCCCCCCCCCCCCC(=O)[N+](C)(C)C(=O)CCCCCCCCCCCCCCCCCCCCC. The minimum absolute atomic E-state index is 0.0574. The van der Waals surface area contributed by atoms with Crippen molar-refractivity contribution < 1.29 is 14.1 Å². The number of imide groups is 1. The Hall–Kier alpha value is -0.700. The molecule has 0 bridgehead atoms. The maximum absolute atomic E-state index is 12.8. The van der Waals surface area contributed by atoms with Crippen LogP contribution in [0, 0.1) is 0 Å². The van der Waals surface area contributed by atoms with Gasteiger partial charge in [-0.1, -0.05) is 245 Å². The molecule has 0 aliphatic rings. The van der Waals surface area contributed by atoms with Crippen LogP contribution in [0.1, 0.15) is 271 Å². The number of amides is 2. The van der Waals surface area contributed by atoms with Gasteiger partial charge in [0.05, 0.1) is 26.9 Å². The summed E-state index contributed by atoms with van der Waals surface area (Å²) in [5.41, 5.74) is 0. The van der Waals surface area contributed by atoms with E-state index in [4.69, 9.17) is 0 Å². The number of quaternary nitrogens is 1. The Bertz CT molecular complexity index is 631. The lowest BCUT2D eigenvalue weighted by molar-refractivity contribution is -0.736. The first-order chi connectivity index (χ1) is 24.0. The van der Waals surface area contributed by atoms with Crippen LogP contribution >= 0.6 is 0 Å². The molecule has 0 fully saturated rings. The predicted molar refractivity (Wildman–Crippen MR) is 218 cm³/mol. The Morgan fingerprint density at radius 2 is 0.408 bits per heavy atom. The van der Waals surface area contributed by atoms with Crippen LogP contribution in [0.15, 0.2) is 0 Å². The maximum atomic E-state index is 12.8. The monoisotopic (exact) mass is 691 g/mol. The van der Waals surface area contributed by atoms with Gasteiger partial charge in [-0.3, -0.25) is 0 Å². The second kappa shape index (κ2) is 38.5. The molecule has 3 nitrogen and oxygen atoms in total. The van der Waals surface area contributed by atoms with Gasteiger partial charge in [-0.2, -0.15) is 0 Å². The van der Waals surface area contributed by atoms with Crippen molar-refractivity contribution in [2.75, 3.05) is 14.1 Å². The minimum Gasteiger partial charge on any atom is -0.230 e. The second-order valence-corrected chi connectivity index (χ2v) is 16.5. The lowest BCUT2D eigenvalue weighted by atomic mass is 10.0. The molecule has 0 aromatic heterocycles. The standard InChI is InChI=1S/C46H92NO2/c1-5-7-9-11-13-15-17-19-21-23-25-27-29-31-33-35-37-39-41-43-45(48)47(3,4)46(49)44-42-40-38-36-34-32-30-28-26-24-22-20-18-16-14-12-10-8-6-2/h5-44H2,1-4H3/q+1. The summed E-state index contributed by atoms with van der Waals surface area (Å²) in [6.45, 7) is 4.59. The normalized spacial score (nSPS) is 11.8. The molecule has 292 valence electrons. The lowest BCUT2D eigenvalue weighted by Gasteiger charge is -2.24. The van der Waals surface area contributed by atoms with E-state index in [-0.39, 0.29) is 16.3 Å². The Morgan fingerprint density at radius 1 is 0.265 bits per heavy atom. The molecule has 0 unspecified atom stereocenters. The van der Waals surface area contributed by atoms with Gasteiger partial charge in [-0.05, 0) is 12.8 Å². The molecule has 0 saturated heterocycles. The van der Waals surface area contributed by atoms with Gasteiger partial charge in [0, 0.05) is 0 Å². The van der Waals surface area contributed by atoms with E-state index in [1.54, 1.807) is 0 Å². The van der Waals surface area contributed by atoms with Crippen molar-refractivity contribution in [3.63, 3.8) is 0 Å². The Balaban J connectivity index is 3.48. The lowest BCUT2D eigenvalue weighted by Crippen LogP contribution is -2.50. The molecule has 0 N–H and O–H groups in total. The second-order valence-electron chi connectivity index (χ2n) is 16.5. The van der Waals surface area contributed by atoms with E-state index in [2.05, 4.69) is 13.8 Å². The van der Waals surface area contributed by atoms with Crippen molar-refractivity contribution in [1.82, 2.24) is 0 Å². The van der Waals surface area contributed by atoms with Gasteiger partial charge < -0.3 is 0 Å². The Kier molecular flexibility index (Phi) is 38.0. The van der Waals surface area contributed by atoms with E-state index < -0.39 is 0 Å². The van der Waals surface area contributed by atoms with Gasteiger partial charge in [0.25, 0.3) is 0 Å². The van der Waals surface area contributed by atoms with E-state index in [9.17, 15) is 9.59 Å². The highest BCUT2D eigenvalue weighted by atomic mass is 16.2. The molecule has 3 heteroatoms. The summed E-state index contributed by atoms with van der Waals surface area (Å²) in [6.07, 6.45) is 52.8. The largest absolute Gasteiger partial charge is 0.320 e. The van der Waals surface area contributed by atoms with Gasteiger partial charge in [0.2, 0.25) is 0 Å². The van der Waals surface area contributed by atoms with Crippen LogP contribution in [0.3, 0.4) is 0 Å². The highest BCUT2D eigenvalue weighted by Crippen LogP contribution is 2.18. The molecular weight excluding hydrogens is 599 g/mol. The molecule has 0 radical (unpaired) electrons. The quantitative estimate of drug-likeness (QED) is 0.0474. The van der Waals surface area contributed by atoms with Crippen LogP contribution in [0.2, 0.25) is 0 Å². The first-order valence-corrected chi connectivity index (χ1v) is 22.9. The summed E-state index contributed by atoms with van der Waals surface area (Å²) in [7, 11) is 3.63. The predicted octanol–water partition coefficient (Wildman–Crippen LogP) is 15.8. The Morgan fingerprint density at radius 3 is 0.571 bits per heavy atom. The van der Waals surface area contributed by atoms with Crippen LogP contribution in [0.4, 0.5) is 0 Å². The highest BCUT2D eigenvalue weighted by molar-refractivity contribution is 5.84. The molecular formula is C46H92NO2+. The molecule has 0 rings (SSSR count). The topological polar surface area (TPSA) is 34.1 Å². The molecule has 0 spiro atoms. The van der Waals surface area contributed by atoms with Crippen molar-refractivity contribution in [3.05, 3.63) is 0 Å². The van der Waals surface area contributed by atoms with Crippen molar-refractivity contribution in [2.24, 2.45) is 0 Å². The smallest absolute Gasteiger partial charge is 0.230 e. The van der Waals surface area contributed by atoms with Crippen molar-refractivity contribution in [1.29, 1.82) is 0 Å². The average molecular weight is 691 g/mol. The molecule has 0 aromatic carbocycles. The number of nitrogens with zero attached hydrogens (tertiary/aromatic N) is 1.